The minimum absolute atomic E-state index is 0.221. The Bertz CT molecular complexity index is 496. The number of carbonyl (C=O) groups is 1. The normalized spacial score (nSPS) is 23.6. The average Bonchev–Trinajstić information content (AvgIpc) is 3.15. The van der Waals surface area contributed by atoms with Gasteiger partial charge in [0.25, 0.3) is 0 Å². The molecule has 0 spiro atoms. The molecular formula is C15H26N6O. The molecule has 1 unspecified atom stereocenters. The fourth-order valence-electron chi connectivity index (χ4n) is 3.72. The van der Waals surface area contributed by atoms with E-state index in [0.717, 1.165) is 6.04 Å². The quantitative estimate of drug-likeness (QED) is 0.888. The topological polar surface area (TPSA) is 75.1 Å². The Morgan fingerprint density at radius 1 is 1.27 bits per heavy atom. The van der Waals surface area contributed by atoms with Crippen LogP contribution < -0.4 is 10.6 Å². The van der Waals surface area contributed by atoms with Crippen molar-refractivity contribution < 1.29 is 4.79 Å². The molecule has 1 aliphatic heterocycles. The first kappa shape index (κ1) is 15.3. The van der Waals surface area contributed by atoms with Gasteiger partial charge in [0.15, 0.2) is 0 Å². The molecule has 1 aliphatic carbocycles. The summed E-state index contributed by atoms with van der Waals surface area (Å²) in [5, 5.41) is 9.68. The molecule has 7 heteroatoms. The fourth-order valence-corrected chi connectivity index (χ4v) is 3.72. The van der Waals surface area contributed by atoms with Gasteiger partial charge in [-0.2, -0.15) is 0 Å². The monoisotopic (exact) mass is 306 g/mol. The molecule has 0 bridgehead atoms. The van der Waals surface area contributed by atoms with Crippen molar-refractivity contribution in [3.8, 4) is 0 Å². The Kier molecular flexibility index (Phi) is 4.92. The predicted molar refractivity (Wildman–Crippen MR) is 84.6 cm³/mol. The lowest BCUT2D eigenvalue weighted by Crippen LogP contribution is -2.46. The third kappa shape index (κ3) is 3.76. The van der Waals surface area contributed by atoms with Gasteiger partial charge in [-0.3, -0.25) is 14.9 Å². The molecule has 122 valence electrons. The van der Waals surface area contributed by atoms with Crippen LogP contribution in [0, 0.1) is 0 Å². The van der Waals surface area contributed by atoms with Gasteiger partial charge in [-0.1, -0.05) is 19.3 Å². The first-order valence-corrected chi connectivity index (χ1v) is 8.38. The largest absolute Gasteiger partial charge is 0.336 e. The second-order valence-corrected chi connectivity index (χ2v) is 6.40. The Hall–Kier alpha value is -1.63. The molecule has 7 nitrogen and oxygen atoms in total. The first-order chi connectivity index (χ1) is 10.7. The second kappa shape index (κ2) is 7.09. The zero-order valence-electron chi connectivity index (χ0n) is 13.3. The number of nitrogens with one attached hydrogen (secondary N) is 2. The molecule has 1 aromatic heterocycles. The number of aryl methyl sites for hydroxylation is 1. The summed E-state index contributed by atoms with van der Waals surface area (Å²) in [6, 6.07) is 0.982. The number of anilines is 1. The van der Waals surface area contributed by atoms with Crippen LogP contribution in [0.3, 0.4) is 0 Å². The summed E-state index contributed by atoms with van der Waals surface area (Å²) in [4.78, 5) is 18.5. The van der Waals surface area contributed by atoms with Crippen LogP contribution in [-0.4, -0.2) is 50.9 Å². The van der Waals surface area contributed by atoms with Gasteiger partial charge in [0.1, 0.15) is 6.33 Å². The van der Waals surface area contributed by atoms with Crippen molar-refractivity contribution >= 4 is 12.0 Å². The van der Waals surface area contributed by atoms with Crippen LogP contribution in [0.4, 0.5) is 10.7 Å². The van der Waals surface area contributed by atoms with Gasteiger partial charge in [-0.15, -0.1) is 5.10 Å². The zero-order valence-corrected chi connectivity index (χ0v) is 13.3. The lowest BCUT2D eigenvalue weighted by molar-refractivity contribution is 0.141. The van der Waals surface area contributed by atoms with E-state index in [0.29, 0.717) is 18.5 Å². The number of amides is 2. The summed E-state index contributed by atoms with van der Waals surface area (Å²) in [5.74, 6) is 0.343. The van der Waals surface area contributed by atoms with Crippen molar-refractivity contribution in [3.05, 3.63) is 6.33 Å². The fraction of sp³-hybridized carbons (Fsp3) is 0.800. The molecule has 22 heavy (non-hydrogen) atoms. The minimum atomic E-state index is -0.221. The van der Waals surface area contributed by atoms with E-state index in [2.05, 4.69) is 25.6 Å². The van der Waals surface area contributed by atoms with Gasteiger partial charge >= 0.3 is 6.03 Å². The molecule has 2 heterocycles. The third-order valence-electron chi connectivity index (χ3n) is 4.79. The van der Waals surface area contributed by atoms with E-state index in [1.54, 1.807) is 18.1 Å². The lowest BCUT2D eigenvalue weighted by Gasteiger charge is -2.35. The minimum Gasteiger partial charge on any atom is -0.336 e. The van der Waals surface area contributed by atoms with Crippen LogP contribution >= 0.6 is 0 Å². The number of likely N-dealkylation sites (tertiary alicyclic amines) is 1. The maximum atomic E-state index is 11.9. The van der Waals surface area contributed by atoms with Crippen LogP contribution in [0.5, 0.6) is 0 Å². The molecule has 3 rings (SSSR count). The third-order valence-corrected chi connectivity index (χ3v) is 4.79. The van der Waals surface area contributed by atoms with Crippen molar-refractivity contribution in [2.24, 2.45) is 7.05 Å². The van der Waals surface area contributed by atoms with Crippen molar-refractivity contribution in [2.45, 2.75) is 57.0 Å². The number of urea groups is 1. The summed E-state index contributed by atoms with van der Waals surface area (Å²) in [7, 11) is 1.77. The maximum absolute atomic E-state index is 11.9. The lowest BCUT2D eigenvalue weighted by atomic mass is 9.94. The number of hydrogen-bond donors (Lipinski definition) is 2. The van der Waals surface area contributed by atoms with Crippen molar-refractivity contribution in [1.29, 1.82) is 0 Å². The van der Waals surface area contributed by atoms with Gasteiger partial charge in [0.05, 0.1) is 0 Å². The average molecular weight is 306 g/mol. The van der Waals surface area contributed by atoms with Crippen LogP contribution in [-0.2, 0) is 7.05 Å². The van der Waals surface area contributed by atoms with E-state index in [1.807, 2.05) is 0 Å². The highest BCUT2D eigenvalue weighted by Crippen LogP contribution is 2.28. The molecule has 2 fully saturated rings. The Labute approximate surface area is 131 Å². The standard InChI is InChI=1S/C15H26N6O/c1-20-11-17-14(19-20)18-15(22)16-10-13-8-5-9-21(13)12-6-3-2-4-7-12/h11-13H,2-10H2,1H3,(H2,16,18,19,22). The molecule has 1 saturated carbocycles. The highest BCUT2D eigenvalue weighted by molar-refractivity contribution is 5.87. The van der Waals surface area contributed by atoms with E-state index < -0.39 is 0 Å². The zero-order chi connectivity index (χ0) is 15.4. The summed E-state index contributed by atoms with van der Waals surface area (Å²) in [6.07, 6.45) is 10.7. The van der Waals surface area contributed by atoms with E-state index in [1.165, 1.54) is 51.5 Å². The molecule has 1 aromatic rings. The predicted octanol–water partition coefficient (Wildman–Crippen LogP) is 1.73. The highest BCUT2D eigenvalue weighted by Gasteiger charge is 2.31. The Morgan fingerprint density at radius 2 is 2.09 bits per heavy atom. The van der Waals surface area contributed by atoms with Gasteiger partial charge in [-0.25, -0.2) is 9.78 Å². The van der Waals surface area contributed by atoms with Gasteiger partial charge in [0.2, 0.25) is 5.95 Å². The first-order valence-electron chi connectivity index (χ1n) is 8.38. The summed E-state index contributed by atoms with van der Waals surface area (Å²) < 4.78 is 1.57. The number of nitrogens with zero attached hydrogens (tertiary/aromatic N) is 4. The number of aromatic nitrogens is 3. The Morgan fingerprint density at radius 3 is 2.82 bits per heavy atom. The number of hydrogen-bond acceptors (Lipinski definition) is 4. The molecule has 2 N–H and O–H groups in total. The SMILES string of the molecule is Cn1cnc(NC(=O)NCC2CCCN2C2CCCCC2)n1. The van der Waals surface area contributed by atoms with Gasteiger partial charge in [0, 0.05) is 25.7 Å². The molecule has 0 aromatic carbocycles. The molecule has 2 aliphatic rings. The molecule has 1 atom stereocenters. The summed E-state index contributed by atoms with van der Waals surface area (Å²) in [6.45, 7) is 1.88. The van der Waals surface area contributed by atoms with E-state index in [-0.39, 0.29) is 6.03 Å². The maximum Gasteiger partial charge on any atom is 0.321 e. The van der Waals surface area contributed by atoms with Crippen LogP contribution in [0.2, 0.25) is 0 Å². The molecule has 2 amide bonds. The smallest absolute Gasteiger partial charge is 0.321 e. The van der Waals surface area contributed by atoms with E-state index >= 15 is 0 Å². The van der Waals surface area contributed by atoms with Gasteiger partial charge < -0.3 is 5.32 Å². The summed E-state index contributed by atoms with van der Waals surface area (Å²) in [5.41, 5.74) is 0. The van der Waals surface area contributed by atoms with Crippen molar-refractivity contribution in [2.75, 3.05) is 18.4 Å². The number of rotatable bonds is 4. The second-order valence-electron chi connectivity index (χ2n) is 6.40. The van der Waals surface area contributed by atoms with Crippen LogP contribution in [0.1, 0.15) is 44.9 Å². The van der Waals surface area contributed by atoms with Crippen LogP contribution in [0.15, 0.2) is 6.33 Å². The van der Waals surface area contributed by atoms with Gasteiger partial charge in [-0.05, 0) is 32.2 Å². The molecule has 0 radical (unpaired) electrons. The summed E-state index contributed by atoms with van der Waals surface area (Å²) >= 11 is 0. The van der Waals surface area contributed by atoms with Crippen LogP contribution in [0.25, 0.3) is 0 Å². The van der Waals surface area contributed by atoms with Crippen molar-refractivity contribution in [1.82, 2.24) is 25.0 Å². The molecule has 1 saturated heterocycles. The Balaban J connectivity index is 1.46. The van der Waals surface area contributed by atoms with E-state index in [4.69, 9.17) is 0 Å². The number of carbonyl (C=O) groups excluding carboxylic acids is 1. The highest BCUT2D eigenvalue weighted by atomic mass is 16.2. The molecular weight excluding hydrogens is 280 g/mol. The van der Waals surface area contributed by atoms with Crippen molar-refractivity contribution in [3.63, 3.8) is 0 Å². The van der Waals surface area contributed by atoms with E-state index in [9.17, 15) is 4.79 Å².